The van der Waals surface area contributed by atoms with Crippen molar-refractivity contribution in [2.24, 2.45) is 0 Å². The fraction of sp³-hybridized carbons (Fsp3) is 0.350. The Hall–Kier alpha value is -2.27. The van der Waals surface area contributed by atoms with Gasteiger partial charge >= 0.3 is 0 Å². The molecule has 1 aliphatic heterocycles. The summed E-state index contributed by atoms with van der Waals surface area (Å²) in [6.07, 6.45) is 0. The van der Waals surface area contributed by atoms with Gasteiger partial charge in [-0.05, 0) is 30.2 Å². The van der Waals surface area contributed by atoms with Crippen LogP contribution in [0.25, 0.3) is 11.1 Å². The minimum Gasteiger partial charge on any atom is -0.340 e. The molecule has 1 aliphatic rings. The van der Waals surface area contributed by atoms with Crippen LogP contribution in [0.5, 0.6) is 0 Å². The van der Waals surface area contributed by atoms with Crippen molar-refractivity contribution in [2.45, 2.75) is 19.9 Å². The molecular weight excluding hydrogens is 322 g/mol. The molecule has 1 heterocycles. The van der Waals surface area contributed by atoms with Crippen molar-refractivity contribution < 1.29 is 13.6 Å². The van der Waals surface area contributed by atoms with Gasteiger partial charge in [0.2, 0.25) is 5.91 Å². The molecule has 0 bridgehead atoms. The predicted molar refractivity (Wildman–Crippen MR) is 94.0 cm³/mol. The fourth-order valence-corrected chi connectivity index (χ4v) is 3.30. The lowest BCUT2D eigenvalue weighted by atomic mass is 10.00. The van der Waals surface area contributed by atoms with E-state index in [2.05, 4.69) is 11.8 Å². The first-order chi connectivity index (χ1) is 12.0. The van der Waals surface area contributed by atoms with Gasteiger partial charge in [0.05, 0.1) is 0 Å². The molecule has 0 radical (unpaired) electrons. The average Bonchev–Trinajstić information content (AvgIpc) is 2.61. The summed E-state index contributed by atoms with van der Waals surface area (Å²) in [5.74, 6) is -1.00. The van der Waals surface area contributed by atoms with Crippen LogP contribution in [0.15, 0.2) is 42.5 Å². The molecule has 1 amide bonds. The molecule has 1 atom stereocenters. The van der Waals surface area contributed by atoms with Gasteiger partial charge in [-0.15, -0.1) is 0 Å². The van der Waals surface area contributed by atoms with Crippen LogP contribution in [0.3, 0.4) is 0 Å². The Morgan fingerprint density at radius 2 is 1.64 bits per heavy atom. The largest absolute Gasteiger partial charge is 0.340 e. The summed E-state index contributed by atoms with van der Waals surface area (Å²) < 4.78 is 27.0. The first kappa shape index (κ1) is 17.5. The first-order valence-corrected chi connectivity index (χ1v) is 8.50. The second-order valence-corrected chi connectivity index (χ2v) is 6.46. The molecule has 1 unspecified atom stereocenters. The molecule has 0 saturated carbocycles. The summed E-state index contributed by atoms with van der Waals surface area (Å²) in [6, 6.07) is 11.6. The van der Waals surface area contributed by atoms with Gasteiger partial charge in [-0.1, -0.05) is 24.3 Å². The zero-order valence-electron chi connectivity index (χ0n) is 14.5. The molecule has 0 N–H and O–H groups in total. The SMILES string of the molecule is CC(=O)N1CCN(C(C)c2ccc(-c3ccc(F)cc3F)cc2)CC1. The van der Waals surface area contributed by atoms with E-state index in [0.717, 1.165) is 43.4 Å². The molecule has 0 aromatic heterocycles. The van der Waals surface area contributed by atoms with E-state index in [1.807, 2.05) is 29.2 Å². The summed E-state index contributed by atoms with van der Waals surface area (Å²) >= 11 is 0. The van der Waals surface area contributed by atoms with Crippen molar-refractivity contribution in [3.63, 3.8) is 0 Å². The highest BCUT2D eigenvalue weighted by Gasteiger charge is 2.23. The molecule has 0 spiro atoms. The lowest BCUT2D eigenvalue weighted by molar-refractivity contribution is -0.130. The zero-order chi connectivity index (χ0) is 18.0. The summed E-state index contributed by atoms with van der Waals surface area (Å²) in [5, 5.41) is 0. The molecular formula is C20H22F2N2O. The van der Waals surface area contributed by atoms with E-state index in [-0.39, 0.29) is 11.9 Å². The average molecular weight is 344 g/mol. The summed E-state index contributed by atoms with van der Waals surface area (Å²) in [7, 11) is 0. The third-order valence-corrected chi connectivity index (χ3v) is 4.94. The number of amides is 1. The number of benzene rings is 2. The zero-order valence-corrected chi connectivity index (χ0v) is 14.5. The molecule has 132 valence electrons. The number of carbonyl (C=O) groups is 1. The molecule has 3 rings (SSSR count). The predicted octanol–water partition coefficient (Wildman–Crippen LogP) is 3.86. The summed E-state index contributed by atoms with van der Waals surface area (Å²) in [4.78, 5) is 15.6. The van der Waals surface area contributed by atoms with Crippen LogP contribution in [0.4, 0.5) is 8.78 Å². The Balaban J connectivity index is 1.71. The van der Waals surface area contributed by atoms with Crippen LogP contribution >= 0.6 is 0 Å². The van der Waals surface area contributed by atoms with Crippen molar-refractivity contribution >= 4 is 5.91 Å². The van der Waals surface area contributed by atoms with Crippen LogP contribution in [-0.4, -0.2) is 41.9 Å². The van der Waals surface area contributed by atoms with Gasteiger partial charge in [0.25, 0.3) is 0 Å². The lowest BCUT2D eigenvalue weighted by Gasteiger charge is -2.37. The van der Waals surface area contributed by atoms with E-state index >= 15 is 0 Å². The van der Waals surface area contributed by atoms with Gasteiger partial charge < -0.3 is 4.90 Å². The van der Waals surface area contributed by atoms with Crippen molar-refractivity contribution in [1.82, 2.24) is 9.80 Å². The standard InChI is InChI=1S/C20H22F2N2O/c1-14(23-9-11-24(12-10-23)15(2)25)16-3-5-17(6-4-16)19-8-7-18(21)13-20(19)22/h3-8,13-14H,9-12H2,1-2H3. The number of piperazine rings is 1. The van der Waals surface area contributed by atoms with Crippen molar-refractivity contribution in [2.75, 3.05) is 26.2 Å². The number of hydrogen-bond donors (Lipinski definition) is 0. The molecule has 2 aromatic carbocycles. The summed E-state index contributed by atoms with van der Waals surface area (Å²) in [5.41, 5.74) is 2.27. The maximum Gasteiger partial charge on any atom is 0.219 e. The van der Waals surface area contributed by atoms with E-state index in [9.17, 15) is 13.6 Å². The summed E-state index contributed by atoms with van der Waals surface area (Å²) in [6.45, 7) is 6.92. The number of halogens is 2. The Morgan fingerprint density at radius 3 is 2.20 bits per heavy atom. The monoisotopic (exact) mass is 344 g/mol. The normalized spacial score (nSPS) is 16.7. The lowest BCUT2D eigenvalue weighted by Crippen LogP contribution is -2.48. The Labute approximate surface area is 146 Å². The smallest absolute Gasteiger partial charge is 0.219 e. The number of hydrogen-bond acceptors (Lipinski definition) is 2. The van der Waals surface area contributed by atoms with Crippen molar-refractivity contribution in [3.05, 3.63) is 59.7 Å². The van der Waals surface area contributed by atoms with E-state index in [1.165, 1.54) is 12.1 Å². The van der Waals surface area contributed by atoms with E-state index in [4.69, 9.17) is 0 Å². The Bertz CT molecular complexity index is 753. The molecule has 2 aromatic rings. The van der Waals surface area contributed by atoms with E-state index in [1.54, 1.807) is 6.92 Å². The Morgan fingerprint density at radius 1 is 1.00 bits per heavy atom. The van der Waals surface area contributed by atoms with Gasteiger partial charge in [0.15, 0.2) is 0 Å². The van der Waals surface area contributed by atoms with Crippen molar-refractivity contribution in [3.8, 4) is 11.1 Å². The minimum absolute atomic E-state index is 0.123. The van der Waals surface area contributed by atoms with E-state index in [0.29, 0.717) is 5.56 Å². The Kier molecular flexibility index (Phi) is 5.13. The van der Waals surface area contributed by atoms with Crippen LogP contribution in [0.2, 0.25) is 0 Å². The maximum atomic E-state index is 13.9. The number of carbonyl (C=O) groups excluding carboxylic acids is 1. The fourth-order valence-electron chi connectivity index (χ4n) is 3.30. The van der Waals surface area contributed by atoms with Crippen molar-refractivity contribution in [1.29, 1.82) is 0 Å². The molecule has 1 saturated heterocycles. The van der Waals surface area contributed by atoms with Gasteiger partial charge in [-0.2, -0.15) is 0 Å². The number of nitrogens with zero attached hydrogens (tertiary/aromatic N) is 2. The van der Waals surface area contributed by atoms with Gasteiger partial charge in [-0.25, -0.2) is 8.78 Å². The van der Waals surface area contributed by atoms with Crippen LogP contribution in [0, 0.1) is 11.6 Å². The maximum absolute atomic E-state index is 13.9. The highest BCUT2D eigenvalue weighted by atomic mass is 19.1. The molecule has 3 nitrogen and oxygen atoms in total. The molecule has 25 heavy (non-hydrogen) atoms. The third kappa shape index (κ3) is 3.87. The molecule has 1 fully saturated rings. The second kappa shape index (κ2) is 7.31. The third-order valence-electron chi connectivity index (χ3n) is 4.94. The van der Waals surface area contributed by atoms with E-state index < -0.39 is 11.6 Å². The van der Waals surface area contributed by atoms with Crippen LogP contribution in [-0.2, 0) is 4.79 Å². The van der Waals surface area contributed by atoms with Gasteiger partial charge in [-0.3, -0.25) is 9.69 Å². The van der Waals surface area contributed by atoms with Crippen LogP contribution in [0.1, 0.15) is 25.5 Å². The second-order valence-electron chi connectivity index (χ2n) is 6.46. The topological polar surface area (TPSA) is 23.6 Å². The molecule has 0 aliphatic carbocycles. The quantitative estimate of drug-likeness (QED) is 0.844. The highest BCUT2D eigenvalue weighted by molar-refractivity contribution is 5.73. The minimum atomic E-state index is -0.573. The van der Waals surface area contributed by atoms with Gasteiger partial charge in [0, 0.05) is 50.8 Å². The van der Waals surface area contributed by atoms with Crippen LogP contribution < -0.4 is 0 Å². The first-order valence-electron chi connectivity index (χ1n) is 8.50. The number of rotatable bonds is 3. The van der Waals surface area contributed by atoms with Gasteiger partial charge in [0.1, 0.15) is 11.6 Å². The molecule has 5 heteroatoms. The highest BCUT2D eigenvalue weighted by Crippen LogP contribution is 2.27.